The average Bonchev–Trinajstić information content (AvgIpc) is 3.19. The summed E-state index contributed by atoms with van der Waals surface area (Å²) in [5, 5.41) is 12.6. The summed E-state index contributed by atoms with van der Waals surface area (Å²) in [6.07, 6.45) is 0. The third-order valence-corrected chi connectivity index (χ3v) is 4.85. The minimum atomic E-state index is -0.0353. The molecule has 1 N–H and O–H groups in total. The second kappa shape index (κ2) is 9.41. The molecular formula is C24H20ClN3O3. The Kier molecular flexibility index (Phi) is 6.25. The van der Waals surface area contributed by atoms with Gasteiger partial charge in [0.1, 0.15) is 29.7 Å². The molecule has 1 heterocycles. The number of halogens is 1. The predicted molar refractivity (Wildman–Crippen MR) is 119 cm³/mol. The Labute approximate surface area is 185 Å². The lowest BCUT2D eigenvalue weighted by Crippen LogP contribution is -2.04. The first-order valence-electron chi connectivity index (χ1n) is 9.72. The lowest BCUT2D eigenvalue weighted by atomic mass is 10.1. The van der Waals surface area contributed by atoms with Crippen LogP contribution in [0.25, 0.3) is 11.1 Å². The molecule has 7 heteroatoms. The van der Waals surface area contributed by atoms with E-state index in [1.807, 2.05) is 61.5 Å². The fraction of sp³-hybridized carbons (Fsp3) is 0.167. The molecule has 0 aliphatic rings. The number of oxazole rings is 1. The summed E-state index contributed by atoms with van der Waals surface area (Å²) in [5.74, 6) is 1.33. The number of nitriles is 1. The molecule has 0 spiro atoms. The van der Waals surface area contributed by atoms with E-state index < -0.39 is 0 Å². The van der Waals surface area contributed by atoms with E-state index in [1.54, 1.807) is 12.1 Å². The smallest absolute Gasteiger partial charge is 0.295 e. The van der Waals surface area contributed by atoms with Gasteiger partial charge >= 0.3 is 0 Å². The quantitative estimate of drug-likeness (QED) is 0.373. The summed E-state index contributed by atoms with van der Waals surface area (Å²) < 4.78 is 17.2. The maximum absolute atomic E-state index is 8.83. The highest BCUT2D eigenvalue weighted by atomic mass is 35.5. The molecule has 0 amide bonds. The zero-order chi connectivity index (χ0) is 21.6. The van der Waals surface area contributed by atoms with Gasteiger partial charge in [-0.3, -0.25) is 0 Å². The van der Waals surface area contributed by atoms with Crippen LogP contribution in [0.5, 0.6) is 11.5 Å². The summed E-state index contributed by atoms with van der Waals surface area (Å²) >= 11 is 6.19. The molecule has 0 bridgehead atoms. The van der Waals surface area contributed by atoms with Crippen LogP contribution in [0.1, 0.15) is 16.7 Å². The van der Waals surface area contributed by atoms with Gasteiger partial charge in [-0.2, -0.15) is 10.2 Å². The van der Waals surface area contributed by atoms with Crippen LogP contribution in [0.2, 0.25) is 5.02 Å². The second-order valence-electron chi connectivity index (χ2n) is 6.93. The summed E-state index contributed by atoms with van der Waals surface area (Å²) in [6, 6.07) is 21.4. The standard InChI is InChI=1S/C24H20ClN3O3/c1-16-11-19(25)13-18(23(16)29-10-9-26)15-30-20-6-4-5-17(12-20)14-27-24-28-21-7-2-3-8-22(21)31-24/h2-8,11-13H,10,14-15H2,1H3,(H,27,28). The van der Waals surface area contributed by atoms with Crippen LogP contribution in [0.3, 0.4) is 0 Å². The van der Waals surface area contributed by atoms with Crippen molar-refractivity contribution in [1.82, 2.24) is 4.98 Å². The van der Waals surface area contributed by atoms with Crippen molar-refractivity contribution in [3.63, 3.8) is 0 Å². The van der Waals surface area contributed by atoms with Crippen molar-refractivity contribution in [1.29, 1.82) is 5.26 Å². The number of fused-ring (bicyclic) bond motifs is 1. The lowest BCUT2D eigenvalue weighted by Gasteiger charge is -2.14. The van der Waals surface area contributed by atoms with E-state index >= 15 is 0 Å². The first kappa shape index (κ1) is 20.6. The molecule has 0 unspecified atom stereocenters. The van der Waals surface area contributed by atoms with E-state index in [4.69, 9.17) is 30.8 Å². The Morgan fingerprint density at radius 1 is 1.10 bits per heavy atom. The number of nitrogens with one attached hydrogen (secondary N) is 1. The van der Waals surface area contributed by atoms with Crippen LogP contribution < -0.4 is 14.8 Å². The fourth-order valence-corrected chi connectivity index (χ4v) is 3.54. The third-order valence-electron chi connectivity index (χ3n) is 4.63. The van der Waals surface area contributed by atoms with Crippen molar-refractivity contribution in [2.24, 2.45) is 0 Å². The van der Waals surface area contributed by atoms with Crippen LogP contribution in [-0.4, -0.2) is 11.6 Å². The number of benzene rings is 3. The maximum Gasteiger partial charge on any atom is 0.295 e. The largest absolute Gasteiger partial charge is 0.489 e. The van der Waals surface area contributed by atoms with Gasteiger partial charge in [0, 0.05) is 17.1 Å². The van der Waals surface area contributed by atoms with Crippen molar-refractivity contribution < 1.29 is 13.9 Å². The summed E-state index contributed by atoms with van der Waals surface area (Å²) in [5.41, 5.74) is 4.22. The number of para-hydroxylation sites is 2. The lowest BCUT2D eigenvalue weighted by molar-refractivity contribution is 0.291. The molecular weight excluding hydrogens is 414 g/mol. The van der Waals surface area contributed by atoms with Gasteiger partial charge in [-0.1, -0.05) is 35.9 Å². The Morgan fingerprint density at radius 3 is 2.81 bits per heavy atom. The molecule has 1 aromatic heterocycles. The van der Waals surface area contributed by atoms with E-state index in [-0.39, 0.29) is 13.2 Å². The second-order valence-corrected chi connectivity index (χ2v) is 7.37. The number of nitrogens with zero attached hydrogens (tertiary/aromatic N) is 2. The van der Waals surface area contributed by atoms with E-state index in [0.717, 1.165) is 27.8 Å². The molecule has 4 rings (SSSR count). The number of hydrogen-bond acceptors (Lipinski definition) is 6. The Morgan fingerprint density at radius 2 is 1.97 bits per heavy atom. The summed E-state index contributed by atoms with van der Waals surface area (Å²) in [6.45, 7) is 2.66. The monoisotopic (exact) mass is 433 g/mol. The molecule has 0 saturated carbocycles. The van der Waals surface area contributed by atoms with Gasteiger partial charge in [-0.25, -0.2) is 0 Å². The van der Waals surface area contributed by atoms with Crippen LogP contribution in [0.4, 0.5) is 6.01 Å². The number of rotatable bonds is 8. The number of anilines is 1. The van der Waals surface area contributed by atoms with Gasteiger partial charge in [0.25, 0.3) is 6.01 Å². The van der Waals surface area contributed by atoms with Crippen molar-refractivity contribution in [3.8, 4) is 17.6 Å². The highest BCUT2D eigenvalue weighted by Gasteiger charge is 2.11. The number of hydrogen-bond donors (Lipinski definition) is 1. The molecule has 0 aliphatic carbocycles. The molecule has 3 aromatic carbocycles. The fourth-order valence-electron chi connectivity index (χ4n) is 3.25. The molecule has 31 heavy (non-hydrogen) atoms. The van der Waals surface area contributed by atoms with Gasteiger partial charge in [0.2, 0.25) is 0 Å². The topological polar surface area (TPSA) is 80.3 Å². The SMILES string of the molecule is Cc1cc(Cl)cc(COc2cccc(CNc3nc4ccccc4o3)c2)c1OCC#N. The van der Waals surface area contributed by atoms with Gasteiger partial charge in [0.05, 0.1) is 0 Å². The van der Waals surface area contributed by atoms with E-state index in [2.05, 4.69) is 10.3 Å². The maximum atomic E-state index is 8.83. The highest BCUT2D eigenvalue weighted by Crippen LogP contribution is 2.29. The van der Waals surface area contributed by atoms with Crippen molar-refractivity contribution in [2.45, 2.75) is 20.1 Å². The van der Waals surface area contributed by atoms with Crippen LogP contribution in [0.15, 0.2) is 65.1 Å². The highest BCUT2D eigenvalue weighted by molar-refractivity contribution is 6.30. The van der Waals surface area contributed by atoms with Crippen molar-refractivity contribution in [3.05, 3.63) is 82.4 Å². The normalized spacial score (nSPS) is 10.6. The number of aromatic nitrogens is 1. The van der Waals surface area contributed by atoms with Crippen LogP contribution >= 0.6 is 11.6 Å². The molecule has 0 radical (unpaired) electrons. The number of ether oxygens (including phenoxy) is 2. The molecule has 156 valence electrons. The van der Waals surface area contributed by atoms with E-state index in [9.17, 15) is 0 Å². The molecule has 6 nitrogen and oxygen atoms in total. The van der Waals surface area contributed by atoms with Gasteiger partial charge in [-0.15, -0.1) is 0 Å². The van der Waals surface area contributed by atoms with Gasteiger partial charge in [-0.05, 0) is 54.4 Å². The molecule has 4 aromatic rings. The molecule has 0 atom stereocenters. The minimum absolute atomic E-state index is 0.0353. The zero-order valence-corrected chi connectivity index (χ0v) is 17.6. The van der Waals surface area contributed by atoms with Crippen LogP contribution in [0, 0.1) is 18.3 Å². The van der Waals surface area contributed by atoms with Gasteiger partial charge < -0.3 is 19.2 Å². The number of aryl methyl sites for hydroxylation is 1. The molecule has 0 aliphatic heterocycles. The molecule has 0 saturated heterocycles. The third kappa shape index (κ3) is 5.08. The van der Waals surface area contributed by atoms with E-state index in [1.165, 1.54) is 0 Å². The van der Waals surface area contributed by atoms with Crippen molar-refractivity contribution >= 4 is 28.7 Å². The summed E-state index contributed by atoms with van der Waals surface area (Å²) in [7, 11) is 0. The molecule has 0 fully saturated rings. The zero-order valence-electron chi connectivity index (χ0n) is 16.9. The van der Waals surface area contributed by atoms with Crippen LogP contribution in [-0.2, 0) is 13.2 Å². The average molecular weight is 434 g/mol. The van der Waals surface area contributed by atoms with Crippen molar-refractivity contribution in [2.75, 3.05) is 11.9 Å². The Bertz CT molecular complexity index is 1210. The Hall–Kier alpha value is -3.69. The van der Waals surface area contributed by atoms with E-state index in [0.29, 0.717) is 29.1 Å². The van der Waals surface area contributed by atoms with Gasteiger partial charge in [0.15, 0.2) is 12.2 Å². The summed E-state index contributed by atoms with van der Waals surface area (Å²) in [4.78, 5) is 4.42. The first-order chi connectivity index (χ1) is 15.1. The first-order valence-corrected chi connectivity index (χ1v) is 10.1. The minimum Gasteiger partial charge on any atom is -0.489 e. The Balaban J connectivity index is 1.42. The predicted octanol–water partition coefficient (Wildman–Crippen LogP) is 5.88.